The molecule has 0 aliphatic carbocycles. The van der Waals surface area contributed by atoms with Crippen molar-refractivity contribution in [2.24, 2.45) is 0 Å². The lowest BCUT2D eigenvalue weighted by Crippen LogP contribution is -2.31. The summed E-state index contributed by atoms with van der Waals surface area (Å²) in [6, 6.07) is 12.1. The van der Waals surface area contributed by atoms with Gasteiger partial charge in [-0.2, -0.15) is 0 Å². The molecule has 0 bridgehead atoms. The molecule has 1 amide bonds. The summed E-state index contributed by atoms with van der Waals surface area (Å²) in [6.45, 7) is 2.84. The first kappa shape index (κ1) is 14.5. The van der Waals surface area contributed by atoms with Crippen molar-refractivity contribution in [3.8, 4) is 11.5 Å². The van der Waals surface area contributed by atoms with Crippen LogP contribution in [0.15, 0.2) is 41.3 Å². The van der Waals surface area contributed by atoms with Gasteiger partial charge in [0.2, 0.25) is 12.7 Å². The fourth-order valence-electron chi connectivity index (χ4n) is 2.83. The Kier molecular flexibility index (Phi) is 3.65. The van der Waals surface area contributed by atoms with Crippen LogP contribution in [0, 0.1) is 6.92 Å². The van der Waals surface area contributed by atoms with Gasteiger partial charge in [0.1, 0.15) is 0 Å². The van der Waals surface area contributed by atoms with Gasteiger partial charge < -0.3 is 14.8 Å². The average Bonchev–Trinajstić information content (AvgIpc) is 3.17. The Morgan fingerprint density at radius 3 is 3.00 bits per heavy atom. The van der Waals surface area contributed by atoms with E-state index in [-0.39, 0.29) is 18.0 Å². The zero-order valence-corrected chi connectivity index (χ0v) is 13.6. The van der Waals surface area contributed by atoms with E-state index in [9.17, 15) is 4.79 Å². The molecule has 0 aromatic heterocycles. The zero-order valence-electron chi connectivity index (χ0n) is 12.8. The summed E-state index contributed by atoms with van der Waals surface area (Å²) >= 11 is 1.66. The molecule has 0 saturated carbocycles. The minimum Gasteiger partial charge on any atom is -0.454 e. The van der Waals surface area contributed by atoms with Gasteiger partial charge in [0.25, 0.3) is 0 Å². The summed E-state index contributed by atoms with van der Waals surface area (Å²) in [4.78, 5) is 13.6. The molecule has 0 radical (unpaired) electrons. The molecule has 2 aliphatic rings. The molecule has 0 spiro atoms. The quantitative estimate of drug-likeness (QED) is 0.941. The van der Waals surface area contributed by atoms with E-state index in [0.29, 0.717) is 6.54 Å². The monoisotopic (exact) mass is 327 g/mol. The first-order valence-electron chi connectivity index (χ1n) is 7.61. The molecule has 0 fully saturated rings. The lowest BCUT2D eigenvalue weighted by atomic mass is 10.1. The lowest BCUT2D eigenvalue weighted by Gasteiger charge is -2.10. The minimum atomic E-state index is -0.0409. The number of fused-ring (bicyclic) bond motifs is 2. The number of aryl methyl sites for hydroxylation is 1. The second kappa shape index (κ2) is 5.81. The topological polar surface area (TPSA) is 47.6 Å². The van der Waals surface area contributed by atoms with Crippen LogP contribution in [-0.2, 0) is 17.8 Å². The molecular weight excluding hydrogens is 310 g/mol. The van der Waals surface area contributed by atoms with Gasteiger partial charge in [-0.1, -0.05) is 23.8 Å². The van der Waals surface area contributed by atoms with E-state index >= 15 is 0 Å². The van der Waals surface area contributed by atoms with Crippen LogP contribution in [0.25, 0.3) is 0 Å². The molecule has 4 nitrogen and oxygen atoms in total. The molecule has 1 atom stereocenters. The fraction of sp³-hybridized carbons (Fsp3) is 0.278. The van der Waals surface area contributed by atoms with E-state index in [4.69, 9.17) is 9.47 Å². The first-order chi connectivity index (χ1) is 11.2. The molecular formula is C18H17NO3S. The van der Waals surface area contributed by atoms with Crippen molar-refractivity contribution in [1.82, 2.24) is 5.32 Å². The van der Waals surface area contributed by atoms with Gasteiger partial charge in [-0.3, -0.25) is 4.79 Å². The molecule has 2 aliphatic heterocycles. The third kappa shape index (κ3) is 2.88. The van der Waals surface area contributed by atoms with Crippen molar-refractivity contribution in [1.29, 1.82) is 0 Å². The highest BCUT2D eigenvalue weighted by molar-refractivity contribution is 8.01. The number of carbonyl (C=O) groups is 1. The standard InChI is InChI=1S/C18H17NO3S/c1-11-2-4-13-8-17(23-16(13)6-11)18(20)19-9-12-3-5-14-15(7-12)22-10-21-14/h2-7,17H,8-10H2,1H3,(H,19,20). The highest BCUT2D eigenvalue weighted by Gasteiger charge is 2.28. The number of carbonyl (C=O) groups excluding carboxylic acids is 1. The number of nitrogens with one attached hydrogen (secondary N) is 1. The normalized spacial score (nSPS) is 17.9. The van der Waals surface area contributed by atoms with E-state index in [0.717, 1.165) is 23.5 Å². The Morgan fingerprint density at radius 2 is 2.09 bits per heavy atom. The maximum Gasteiger partial charge on any atom is 0.234 e. The van der Waals surface area contributed by atoms with Crippen LogP contribution in [0.2, 0.25) is 0 Å². The van der Waals surface area contributed by atoms with Gasteiger partial charge in [-0.25, -0.2) is 0 Å². The van der Waals surface area contributed by atoms with E-state index in [2.05, 4.69) is 30.4 Å². The van der Waals surface area contributed by atoms with Gasteiger partial charge >= 0.3 is 0 Å². The lowest BCUT2D eigenvalue weighted by molar-refractivity contribution is -0.120. The number of ether oxygens (including phenoxy) is 2. The van der Waals surface area contributed by atoms with Crippen LogP contribution in [0.5, 0.6) is 11.5 Å². The minimum absolute atomic E-state index is 0.0409. The summed E-state index contributed by atoms with van der Waals surface area (Å²) in [7, 11) is 0. The van der Waals surface area contributed by atoms with Crippen LogP contribution >= 0.6 is 11.8 Å². The van der Waals surface area contributed by atoms with E-state index in [1.54, 1.807) is 11.8 Å². The van der Waals surface area contributed by atoms with Crippen LogP contribution < -0.4 is 14.8 Å². The molecule has 5 heteroatoms. The van der Waals surface area contributed by atoms with Crippen molar-refractivity contribution < 1.29 is 14.3 Å². The molecule has 1 unspecified atom stereocenters. The highest BCUT2D eigenvalue weighted by Crippen LogP contribution is 2.37. The van der Waals surface area contributed by atoms with Crippen LogP contribution in [0.1, 0.15) is 16.7 Å². The predicted molar refractivity (Wildman–Crippen MR) is 88.9 cm³/mol. The van der Waals surface area contributed by atoms with Gasteiger partial charge in [0.15, 0.2) is 11.5 Å². The number of thioether (sulfide) groups is 1. The van der Waals surface area contributed by atoms with Crippen molar-refractivity contribution in [2.45, 2.75) is 30.0 Å². The number of rotatable bonds is 3. The SMILES string of the molecule is Cc1ccc2c(c1)SC(C(=O)NCc1ccc3c(c1)OCO3)C2. The third-order valence-corrected chi connectivity index (χ3v) is 5.39. The Morgan fingerprint density at radius 1 is 1.22 bits per heavy atom. The predicted octanol–water partition coefficient (Wildman–Crippen LogP) is 3.06. The summed E-state index contributed by atoms with van der Waals surface area (Å²) in [5.74, 6) is 1.59. The summed E-state index contributed by atoms with van der Waals surface area (Å²) in [5.41, 5.74) is 3.51. The van der Waals surface area contributed by atoms with E-state index < -0.39 is 0 Å². The van der Waals surface area contributed by atoms with Crippen molar-refractivity contribution in [2.75, 3.05) is 6.79 Å². The summed E-state index contributed by atoms with van der Waals surface area (Å²) in [5, 5.41) is 2.98. The van der Waals surface area contributed by atoms with Gasteiger partial charge in [0, 0.05) is 11.4 Å². The number of hydrogen-bond acceptors (Lipinski definition) is 4. The Labute approximate surface area is 139 Å². The number of amides is 1. The zero-order chi connectivity index (χ0) is 15.8. The number of hydrogen-bond donors (Lipinski definition) is 1. The molecule has 1 N–H and O–H groups in total. The molecule has 4 rings (SSSR count). The Bertz CT molecular complexity index is 775. The second-order valence-corrected chi connectivity index (χ2v) is 7.07. The first-order valence-corrected chi connectivity index (χ1v) is 8.49. The van der Waals surface area contributed by atoms with Gasteiger partial charge in [-0.15, -0.1) is 11.8 Å². The fourth-order valence-corrected chi connectivity index (χ4v) is 4.15. The van der Waals surface area contributed by atoms with E-state index in [1.807, 2.05) is 18.2 Å². The van der Waals surface area contributed by atoms with Gasteiger partial charge in [0.05, 0.1) is 5.25 Å². The largest absolute Gasteiger partial charge is 0.454 e. The number of benzene rings is 2. The molecule has 118 valence electrons. The second-order valence-electron chi connectivity index (χ2n) is 5.83. The maximum atomic E-state index is 12.4. The van der Waals surface area contributed by atoms with Crippen molar-refractivity contribution in [3.63, 3.8) is 0 Å². The van der Waals surface area contributed by atoms with Crippen molar-refractivity contribution in [3.05, 3.63) is 53.1 Å². The summed E-state index contributed by atoms with van der Waals surface area (Å²) < 4.78 is 10.7. The Hall–Kier alpha value is -2.14. The van der Waals surface area contributed by atoms with E-state index in [1.165, 1.54) is 16.0 Å². The van der Waals surface area contributed by atoms with Gasteiger partial charge in [-0.05, 0) is 42.7 Å². The molecule has 2 heterocycles. The smallest absolute Gasteiger partial charge is 0.234 e. The third-order valence-electron chi connectivity index (χ3n) is 4.09. The molecule has 23 heavy (non-hydrogen) atoms. The maximum absolute atomic E-state index is 12.4. The average molecular weight is 327 g/mol. The summed E-state index contributed by atoms with van der Waals surface area (Å²) in [6.07, 6.45) is 0.799. The van der Waals surface area contributed by atoms with Crippen LogP contribution in [-0.4, -0.2) is 18.0 Å². The molecule has 2 aromatic carbocycles. The van der Waals surface area contributed by atoms with Crippen LogP contribution in [0.3, 0.4) is 0 Å². The van der Waals surface area contributed by atoms with Crippen LogP contribution in [0.4, 0.5) is 0 Å². The molecule has 0 saturated heterocycles. The highest BCUT2D eigenvalue weighted by atomic mass is 32.2. The van der Waals surface area contributed by atoms with Crippen molar-refractivity contribution >= 4 is 17.7 Å². The molecule has 2 aromatic rings. The Balaban J connectivity index is 1.38.